The Balaban J connectivity index is 1.58. The number of carboxylic acid groups (broad SMARTS) is 1. The Labute approximate surface area is 156 Å². The first-order chi connectivity index (χ1) is 12.5. The number of carbonyl (C=O) groups is 3. The molecule has 0 aromatic heterocycles. The van der Waals surface area contributed by atoms with Crippen LogP contribution in [0.25, 0.3) is 0 Å². The van der Waals surface area contributed by atoms with Crippen LogP contribution >= 0.6 is 0 Å². The second-order valence-electron chi connectivity index (χ2n) is 8.06. The van der Waals surface area contributed by atoms with Crippen molar-refractivity contribution in [2.45, 2.75) is 83.6 Å². The van der Waals surface area contributed by atoms with Crippen LogP contribution in [0.15, 0.2) is 0 Å². The SMILES string of the molecule is CC1CCC(N2CC(C(=O)NCCCCCCCC(=O)O)CC2=O)CC1. The molecular weight excluding hydrogens is 332 g/mol. The van der Waals surface area contributed by atoms with Gasteiger partial charge in [-0.15, -0.1) is 0 Å². The highest BCUT2D eigenvalue weighted by molar-refractivity contribution is 5.89. The molecule has 2 aliphatic rings. The fourth-order valence-corrected chi connectivity index (χ4v) is 4.10. The minimum absolute atomic E-state index is 0.0101. The molecule has 1 aliphatic carbocycles. The molecule has 148 valence electrons. The van der Waals surface area contributed by atoms with Crippen LogP contribution in [0.5, 0.6) is 0 Å². The van der Waals surface area contributed by atoms with Crippen molar-refractivity contribution < 1.29 is 19.5 Å². The first-order valence-electron chi connectivity index (χ1n) is 10.3. The molecule has 2 N–H and O–H groups in total. The van der Waals surface area contributed by atoms with Crippen LogP contribution in [0.4, 0.5) is 0 Å². The van der Waals surface area contributed by atoms with Crippen LogP contribution in [0.3, 0.4) is 0 Å². The van der Waals surface area contributed by atoms with Gasteiger partial charge in [-0.3, -0.25) is 14.4 Å². The molecule has 2 amide bonds. The molecule has 1 heterocycles. The minimum atomic E-state index is -0.736. The number of unbranched alkanes of at least 4 members (excludes halogenated alkanes) is 4. The zero-order chi connectivity index (χ0) is 18.9. The third kappa shape index (κ3) is 6.61. The lowest BCUT2D eigenvalue weighted by Crippen LogP contribution is -2.40. The second kappa shape index (κ2) is 10.5. The van der Waals surface area contributed by atoms with E-state index >= 15 is 0 Å². The molecule has 1 unspecified atom stereocenters. The van der Waals surface area contributed by atoms with Crippen LogP contribution in [-0.2, 0) is 14.4 Å². The molecule has 1 aliphatic heterocycles. The molecule has 2 rings (SSSR count). The van der Waals surface area contributed by atoms with Crippen molar-refractivity contribution in [1.29, 1.82) is 0 Å². The third-order valence-electron chi connectivity index (χ3n) is 5.82. The summed E-state index contributed by atoms with van der Waals surface area (Å²) in [6.45, 7) is 3.49. The van der Waals surface area contributed by atoms with Gasteiger partial charge in [0.25, 0.3) is 0 Å². The molecule has 6 heteroatoms. The fraction of sp³-hybridized carbons (Fsp3) is 0.850. The number of hydrogen-bond donors (Lipinski definition) is 2. The van der Waals surface area contributed by atoms with E-state index in [0.29, 0.717) is 25.6 Å². The summed E-state index contributed by atoms with van der Waals surface area (Å²) in [6.07, 6.45) is 9.64. The summed E-state index contributed by atoms with van der Waals surface area (Å²) >= 11 is 0. The number of nitrogens with one attached hydrogen (secondary N) is 1. The van der Waals surface area contributed by atoms with Crippen molar-refractivity contribution in [3.63, 3.8) is 0 Å². The molecule has 26 heavy (non-hydrogen) atoms. The Hall–Kier alpha value is -1.59. The summed E-state index contributed by atoms with van der Waals surface area (Å²) in [5.74, 6) is -0.0243. The average Bonchev–Trinajstić information content (AvgIpc) is 2.99. The van der Waals surface area contributed by atoms with E-state index in [0.717, 1.165) is 50.9 Å². The minimum Gasteiger partial charge on any atom is -0.481 e. The predicted molar refractivity (Wildman–Crippen MR) is 99.6 cm³/mol. The average molecular weight is 367 g/mol. The summed E-state index contributed by atoms with van der Waals surface area (Å²) < 4.78 is 0. The lowest BCUT2D eigenvalue weighted by Gasteiger charge is -2.33. The van der Waals surface area contributed by atoms with Crippen molar-refractivity contribution in [2.24, 2.45) is 11.8 Å². The van der Waals surface area contributed by atoms with E-state index in [4.69, 9.17) is 5.11 Å². The maximum absolute atomic E-state index is 12.3. The van der Waals surface area contributed by atoms with Gasteiger partial charge in [0.05, 0.1) is 5.92 Å². The number of hydrogen-bond acceptors (Lipinski definition) is 3. The van der Waals surface area contributed by atoms with E-state index in [1.807, 2.05) is 4.90 Å². The van der Waals surface area contributed by atoms with Crippen LogP contribution < -0.4 is 5.32 Å². The lowest BCUT2D eigenvalue weighted by molar-refractivity contribution is -0.137. The fourth-order valence-electron chi connectivity index (χ4n) is 4.10. The van der Waals surface area contributed by atoms with Crippen molar-refractivity contribution in [3.8, 4) is 0 Å². The number of amides is 2. The van der Waals surface area contributed by atoms with Crippen molar-refractivity contribution in [3.05, 3.63) is 0 Å². The highest BCUT2D eigenvalue weighted by Gasteiger charge is 2.38. The molecule has 0 aromatic carbocycles. The van der Waals surface area contributed by atoms with E-state index in [-0.39, 0.29) is 24.2 Å². The molecule has 2 fully saturated rings. The Morgan fingerprint density at radius 1 is 1.08 bits per heavy atom. The molecule has 0 bridgehead atoms. The predicted octanol–water partition coefficient (Wildman–Crippen LogP) is 2.96. The summed E-state index contributed by atoms with van der Waals surface area (Å²) in [7, 11) is 0. The molecule has 1 saturated carbocycles. The number of aliphatic carboxylic acids is 1. The normalized spacial score (nSPS) is 26.1. The van der Waals surface area contributed by atoms with E-state index in [1.54, 1.807) is 0 Å². The number of likely N-dealkylation sites (tertiary alicyclic amines) is 1. The standard InChI is InChI=1S/C20H34N2O4/c1-15-8-10-17(11-9-15)22-14-16(13-18(22)23)20(26)21-12-6-4-2-3-5-7-19(24)25/h15-17H,2-14H2,1H3,(H,21,26)(H,24,25). The zero-order valence-corrected chi connectivity index (χ0v) is 16.0. The van der Waals surface area contributed by atoms with Gasteiger partial charge in [-0.05, 0) is 44.4 Å². The van der Waals surface area contributed by atoms with Gasteiger partial charge in [-0.1, -0.05) is 26.2 Å². The molecule has 6 nitrogen and oxygen atoms in total. The second-order valence-corrected chi connectivity index (χ2v) is 8.06. The van der Waals surface area contributed by atoms with Gasteiger partial charge in [0.2, 0.25) is 11.8 Å². The van der Waals surface area contributed by atoms with Gasteiger partial charge in [-0.25, -0.2) is 0 Å². The highest BCUT2D eigenvalue weighted by Crippen LogP contribution is 2.31. The number of nitrogens with zero attached hydrogens (tertiary/aromatic N) is 1. The maximum atomic E-state index is 12.3. The smallest absolute Gasteiger partial charge is 0.303 e. The summed E-state index contributed by atoms with van der Waals surface area (Å²) in [5.41, 5.74) is 0. The summed E-state index contributed by atoms with van der Waals surface area (Å²) in [6, 6.07) is 0.335. The molecule has 0 aromatic rings. The molecule has 1 saturated heterocycles. The van der Waals surface area contributed by atoms with Crippen molar-refractivity contribution in [1.82, 2.24) is 10.2 Å². The number of carboxylic acids is 1. The van der Waals surface area contributed by atoms with Gasteiger partial charge < -0.3 is 15.3 Å². The van der Waals surface area contributed by atoms with E-state index in [1.165, 1.54) is 12.8 Å². The summed E-state index contributed by atoms with van der Waals surface area (Å²) in [4.78, 5) is 37.0. The topological polar surface area (TPSA) is 86.7 Å². The van der Waals surface area contributed by atoms with Gasteiger partial charge in [0.15, 0.2) is 0 Å². The van der Waals surface area contributed by atoms with Gasteiger partial charge in [-0.2, -0.15) is 0 Å². The highest BCUT2D eigenvalue weighted by atomic mass is 16.4. The Morgan fingerprint density at radius 2 is 1.73 bits per heavy atom. The Bertz CT molecular complexity index is 486. The molecule has 0 radical (unpaired) electrons. The summed E-state index contributed by atoms with van der Waals surface area (Å²) in [5, 5.41) is 11.5. The van der Waals surface area contributed by atoms with Gasteiger partial charge in [0.1, 0.15) is 0 Å². The molecule has 1 atom stereocenters. The van der Waals surface area contributed by atoms with Crippen LogP contribution in [0.1, 0.15) is 77.6 Å². The van der Waals surface area contributed by atoms with Crippen molar-refractivity contribution in [2.75, 3.05) is 13.1 Å². The largest absolute Gasteiger partial charge is 0.481 e. The van der Waals surface area contributed by atoms with E-state index in [9.17, 15) is 14.4 Å². The zero-order valence-electron chi connectivity index (χ0n) is 16.0. The monoisotopic (exact) mass is 366 g/mol. The molecular formula is C20H34N2O4. The third-order valence-corrected chi connectivity index (χ3v) is 5.82. The number of carbonyl (C=O) groups excluding carboxylic acids is 2. The Kier molecular flexibility index (Phi) is 8.39. The van der Waals surface area contributed by atoms with Crippen LogP contribution in [0, 0.1) is 11.8 Å². The quantitative estimate of drug-likeness (QED) is 0.582. The number of rotatable bonds is 10. The first kappa shape index (κ1) is 20.7. The van der Waals surface area contributed by atoms with Gasteiger partial charge >= 0.3 is 5.97 Å². The molecule has 0 spiro atoms. The first-order valence-corrected chi connectivity index (χ1v) is 10.3. The maximum Gasteiger partial charge on any atom is 0.303 e. The van der Waals surface area contributed by atoms with Crippen LogP contribution in [-0.4, -0.2) is 46.9 Å². The van der Waals surface area contributed by atoms with E-state index < -0.39 is 5.97 Å². The van der Waals surface area contributed by atoms with Crippen molar-refractivity contribution >= 4 is 17.8 Å². The van der Waals surface area contributed by atoms with Crippen LogP contribution in [0.2, 0.25) is 0 Å². The Morgan fingerprint density at radius 3 is 2.42 bits per heavy atom. The lowest BCUT2D eigenvalue weighted by atomic mass is 9.87. The van der Waals surface area contributed by atoms with E-state index in [2.05, 4.69) is 12.2 Å². The van der Waals surface area contributed by atoms with Gasteiger partial charge in [0, 0.05) is 32.0 Å².